The summed E-state index contributed by atoms with van der Waals surface area (Å²) in [6.07, 6.45) is 12.3. The first kappa shape index (κ1) is 41.5. The summed E-state index contributed by atoms with van der Waals surface area (Å²) in [4.78, 5) is 0. The van der Waals surface area contributed by atoms with Crippen molar-refractivity contribution in [3.8, 4) is 0 Å². The Morgan fingerprint density at radius 1 is 0.969 bits per heavy atom. The summed E-state index contributed by atoms with van der Waals surface area (Å²) in [6.45, 7) is 23.2. The van der Waals surface area contributed by atoms with Crippen LogP contribution in [0.15, 0.2) is 24.3 Å². The Kier molecular flexibility index (Phi) is 48.8. The molecule has 1 fully saturated rings. The first-order valence-corrected chi connectivity index (χ1v) is 9.23. The fraction of sp³-hybridized carbons (Fsp3) is 0.217. The standard InChI is InChI=1S/C16H16ClO.C3H5O.4CO.2Fe/c1-2-18-16(13-7-5-3-4-6-8-13)14-9-11-15(17)12-10-14;1-3-4-2;4*1-2;;/h3-5,7-12H,2,6H2,1H3;3H2,1H3;;;;;;/q;-1;;;;;;. The zero-order valence-electron chi connectivity index (χ0n) is 17.4. The van der Waals surface area contributed by atoms with Gasteiger partial charge in [-0.25, -0.2) is 0 Å². The summed E-state index contributed by atoms with van der Waals surface area (Å²) in [6, 6.07) is 7.74. The molecule has 0 atom stereocenters. The molecule has 0 aromatic heterocycles. The maximum absolute atomic E-state index is 7.50. The smallest absolute Gasteiger partial charge is 0 e. The molecule has 0 unspecified atom stereocenters. The Morgan fingerprint density at radius 3 is 1.91 bits per heavy atom. The van der Waals surface area contributed by atoms with E-state index in [9.17, 15) is 0 Å². The van der Waals surface area contributed by atoms with Crippen molar-refractivity contribution in [2.75, 3.05) is 13.2 Å². The topological polar surface area (TPSA) is 98.1 Å². The molecule has 0 N–H and O–H groups in total. The van der Waals surface area contributed by atoms with Crippen molar-refractivity contribution in [1.82, 2.24) is 0 Å². The van der Waals surface area contributed by atoms with Crippen molar-refractivity contribution < 1.29 is 60.7 Å². The molecule has 0 bridgehead atoms. The van der Waals surface area contributed by atoms with E-state index < -0.39 is 0 Å². The third-order valence-electron chi connectivity index (χ3n) is 2.85. The van der Waals surface area contributed by atoms with Gasteiger partial charge in [-0.3, -0.25) is 0 Å². The molecule has 6 nitrogen and oxygen atoms in total. The van der Waals surface area contributed by atoms with Gasteiger partial charge < -0.3 is 4.74 Å². The second-order valence-corrected chi connectivity index (χ2v) is 5.12. The summed E-state index contributed by atoms with van der Waals surface area (Å²) in [5.41, 5.74) is 1.05. The molecule has 173 valence electrons. The minimum absolute atomic E-state index is 0. The van der Waals surface area contributed by atoms with Crippen molar-refractivity contribution >= 4 is 16.7 Å². The fourth-order valence-corrected chi connectivity index (χ4v) is 2.16. The van der Waals surface area contributed by atoms with E-state index in [-0.39, 0.29) is 17.1 Å². The molecule has 7 radical (unpaired) electrons. The van der Waals surface area contributed by atoms with E-state index in [1.165, 1.54) is 0 Å². The Morgan fingerprint density at radius 2 is 1.50 bits per heavy atom. The van der Waals surface area contributed by atoms with Gasteiger partial charge in [-0.15, -0.1) is 0 Å². The van der Waals surface area contributed by atoms with E-state index >= 15 is 0 Å². The first-order valence-electron chi connectivity index (χ1n) is 8.30. The molecule has 0 amide bonds. The predicted octanol–water partition coefficient (Wildman–Crippen LogP) is 4.31. The number of hydrogen-bond donors (Lipinski definition) is 0. The quantitative estimate of drug-likeness (QED) is 0.233. The molecule has 1 aromatic carbocycles. The molecular formula is C23H21ClFe2O6-. The van der Waals surface area contributed by atoms with Gasteiger partial charge in [0.2, 0.25) is 0 Å². The minimum Gasteiger partial charge on any atom is 0 e. The van der Waals surface area contributed by atoms with Gasteiger partial charge in [-0.05, 0) is 63.1 Å². The maximum Gasteiger partial charge on any atom is 0 e. The van der Waals surface area contributed by atoms with Gasteiger partial charge in [0.05, 0.1) is 0 Å². The zero-order chi connectivity index (χ0) is 24.9. The van der Waals surface area contributed by atoms with Crippen LogP contribution in [0.4, 0.5) is 0 Å². The molecule has 9 heteroatoms. The van der Waals surface area contributed by atoms with E-state index in [1.807, 2.05) is 44.5 Å². The van der Waals surface area contributed by atoms with Crippen LogP contribution in [0.3, 0.4) is 0 Å². The summed E-state index contributed by atoms with van der Waals surface area (Å²) in [5.74, 6) is 1.11. The van der Waals surface area contributed by atoms with Crippen LogP contribution in [0.1, 0.15) is 25.8 Å². The predicted molar refractivity (Wildman–Crippen MR) is 107 cm³/mol. The van der Waals surface area contributed by atoms with E-state index in [0.717, 1.165) is 29.0 Å². The average Bonchev–Trinajstić information content (AvgIpc) is 3.14. The number of hydrogen-bond acceptors (Lipinski definition) is 2. The summed E-state index contributed by atoms with van der Waals surface area (Å²) in [5, 5.41) is 3.01. The van der Waals surface area contributed by atoms with Crippen molar-refractivity contribution in [3.63, 3.8) is 0 Å². The molecule has 0 aliphatic heterocycles. The Bertz CT molecular complexity index is 556. The van der Waals surface area contributed by atoms with Gasteiger partial charge in [0, 0.05) is 34.6 Å². The normalized spacial score (nSPS) is 11.5. The first-order chi connectivity index (χ1) is 15.2. The SMILES string of the molecule is CCO[C-]=[Fe].CCO[C]([C]1[CH][CH][CH][CH]C[CH]1)c1ccc(Cl)cc1.[C-]#[O+].[C-]#[O+].[C-]#[O+].[C-]#[O+].[Fe]. The van der Waals surface area contributed by atoms with Gasteiger partial charge in [-0.2, -0.15) is 0 Å². The van der Waals surface area contributed by atoms with Crippen LogP contribution in [0.5, 0.6) is 0 Å². The van der Waals surface area contributed by atoms with E-state index in [2.05, 4.69) is 77.7 Å². The van der Waals surface area contributed by atoms with Crippen LogP contribution in [-0.2, 0) is 60.7 Å². The largest absolute Gasteiger partial charge is 0 e. The summed E-state index contributed by atoms with van der Waals surface area (Å²) in [7, 11) is 0. The van der Waals surface area contributed by atoms with Crippen molar-refractivity contribution in [2.45, 2.75) is 20.3 Å². The molecule has 1 aliphatic carbocycles. The fourth-order valence-electron chi connectivity index (χ4n) is 1.88. The van der Waals surface area contributed by atoms with Gasteiger partial charge in [0.15, 0.2) is 0 Å². The Balaban J connectivity index is -0.000000147. The van der Waals surface area contributed by atoms with E-state index in [1.54, 1.807) is 0 Å². The van der Waals surface area contributed by atoms with Crippen molar-refractivity contribution in [3.05, 3.63) is 106 Å². The number of rotatable bonds is 6. The van der Waals surface area contributed by atoms with Crippen LogP contribution in [-0.4, -0.2) is 18.3 Å². The third kappa shape index (κ3) is 24.0. The van der Waals surface area contributed by atoms with Gasteiger partial charge in [0.1, 0.15) is 6.10 Å². The average molecular weight is 541 g/mol. The zero-order valence-corrected chi connectivity index (χ0v) is 20.3. The van der Waals surface area contributed by atoms with E-state index in [0.29, 0.717) is 13.2 Å². The van der Waals surface area contributed by atoms with E-state index in [4.69, 9.17) is 34.9 Å². The molecule has 32 heavy (non-hydrogen) atoms. The molecule has 2 rings (SSSR count). The molecule has 1 saturated carbocycles. The van der Waals surface area contributed by atoms with Crippen molar-refractivity contribution in [1.29, 1.82) is 0 Å². The molecule has 1 aromatic rings. The van der Waals surface area contributed by atoms with Gasteiger partial charge in [0.25, 0.3) is 0 Å². The molecular weight excluding hydrogens is 519 g/mol. The van der Waals surface area contributed by atoms with Crippen LogP contribution < -0.4 is 0 Å². The summed E-state index contributed by atoms with van der Waals surface area (Å²) >= 11 is 9.12. The molecule has 0 saturated heterocycles. The van der Waals surface area contributed by atoms with Crippen LogP contribution in [0.2, 0.25) is 5.02 Å². The minimum atomic E-state index is 0. The van der Waals surface area contributed by atoms with Crippen LogP contribution in [0, 0.1) is 70.7 Å². The Hall–Kier alpha value is -0.701. The second-order valence-electron chi connectivity index (χ2n) is 4.46. The number of halogens is 1. The number of benzene rings is 1. The Labute approximate surface area is 215 Å². The van der Waals surface area contributed by atoms with Crippen LogP contribution >= 0.6 is 11.6 Å². The maximum atomic E-state index is 7.50. The summed E-state index contributed by atoms with van der Waals surface area (Å²) < 4.78 is 40.3. The third-order valence-corrected chi connectivity index (χ3v) is 3.26. The monoisotopic (exact) mass is 540 g/mol. The number of ether oxygens (including phenoxy) is 2. The van der Waals surface area contributed by atoms with Gasteiger partial charge >= 0.3 is 84.2 Å². The molecule has 0 spiro atoms. The molecule has 0 heterocycles. The van der Waals surface area contributed by atoms with Crippen molar-refractivity contribution in [2.24, 2.45) is 0 Å². The molecule has 1 aliphatic rings. The van der Waals surface area contributed by atoms with Gasteiger partial charge in [-0.1, -0.05) is 23.7 Å². The van der Waals surface area contributed by atoms with Crippen LogP contribution in [0.25, 0.3) is 0 Å². The second kappa shape index (κ2) is 37.6.